The molecule has 18 heavy (non-hydrogen) atoms. The molecule has 1 heterocycles. The molecule has 0 unspecified atom stereocenters. The molecule has 0 N–H and O–H groups in total. The van der Waals surface area contributed by atoms with E-state index in [9.17, 15) is 4.79 Å². The van der Waals surface area contributed by atoms with E-state index in [1.165, 1.54) is 4.90 Å². The van der Waals surface area contributed by atoms with Crippen molar-refractivity contribution >= 4 is 6.09 Å². The van der Waals surface area contributed by atoms with Gasteiger partial charge < -0.3 is 14.2 Å². The molecule has 0 aromatic carbocycles. The number of ether oxygens (including phenoxy) is 1. The van der Waals surface area contributed by atoms with Crippen molar-refractivity contribution in [2.24, 2.45) is 0 Å². The summed E-state index contributed by atoms with van der Waals surface area (Å²) in [7, 11) is 1.69. The Labute approximate surface area is 108 Å². The first-order valence-corrected chi connectivity index (χ1v) is 6.12. The molecule has 0 aliphatic rings. The average molecular weight is 254 g/mol. The fraction of sp³-hybridized carbons (Fsp3) is 0.692. The van der Waals surface area contributed by atoms with Crippen LogP contribution in [0.15, 0.2) is 4.52 Å². The number of rotatable bonds is 3. The fourth-order valence-electron chi connectivity index (χ4n) is 1.51. The summed E-state index contributed by atoms with van der Waals surface area (Å²) in [5, 5.41) is 3.98. The van der Waals surface area contributed by atoms with Crippen LogP contribution in [0, 0.1) is 6.92 Å². The maximum absolute atomic E-state index is 11.8. The lowest BCUT2D eigenvalue weighted by Crippen LogP contribution is -2.34. The van der Waals surface area contributed by atoms with Crippen LogP contribution in [0.25, 0.3) is 0 Å². The minimum Gasteiger partial charge on any atom is -0.444 e. The molecular formula is C13H22N2O3. The first kappa shape index (κ1) is 14.5. The number of aromatic nitrogens is 1. The molecule has 0 spiro atoms. The monoisotopic (exact) mass is 254 g/mol. The van der Waals surface area contributed by atoms with Gasteiger partial charge in [0.1, 0.15) is 17.1 Å². The third-order valence-electron chi connectivity index (χ3n) is 2.53. The van der Waals surface area contributed by atoms with Crippen molar-refractivity contribution in [3.8, 4) is 0 Å². The second kappa shape index (κ2) is 5.42. The molecule has 0 radical (unpaired) electrons. The SMILES string of the molecule is CCc1onc(CN(C)C(=O)OC(C)(C)C)c1C. The zero-order chi connectivity index (χ0) is 13.9. The van der Waals surface area contributed by atoms with Gasteiger partial charge in [-0.25, -0.2) is 4.79 Å². The second-order valence-corrected chi connectivity index (χ2v) is 5.37. The van der Waals surface area contributed by atoms with Crippen LogP contribution in [-0.2, 0) is 17.7 Å². The number of carbonyl (C=O) groups excluding carboxylic acids is 1. The van der Waals surface area contributed by atoms with E-state index >= 15 is 0 Å². The smallest absolute Gasteiger partial charge is 0.410 e. The van der Waals surface area contributed by atoms with Crippen LogP contribution in [0.3, 0.4) is 0 Å². The third kappa shape index (κ3) is 3.75. The minimum atomic E-state index is -0.487. The van der Waals surface area contributed by atoms with Gasteiger partial charge in [-0.15, -0.1) is 0 Å². The lowest BCUT2D eigenvalue weighted by atomic mass is 10.2. The quantitative estimate of drug-likeness (QED) is 0.832. The molecule has 1 aromatic heterocycles. The molecule has 1 amide bonds. The lowest BCUT2D eigenvalue weighted by Gasteiger charge is -2.24. The van der Waals surface area contributed by atoms with E-state index in [1.54, 1.807) is 7.05 Å². The van der Waals surface area contributed by atoms with Gasteiger partial charge in [0.2, 0.25) is 0 Å². The van der Waals surface area contributed by atoms with E-state index in [2.05, 4.69) is 5.16 Å². The standard InChI is InChI=1S/C13H22N2O3/c1-7-11-9(2)10(14-18-11)8-15(6)12(16)17-13(3,4)5/h7-8H2,1-6H3. The van der Waals surface area contributed by atoms with Gasteiger partial charge >= 0.3 is 6.09 Å². The number of aryl methyl sites for hydroxylation is 1. The summed E-state index contributed by atoms with van der Waals surface area (Å²) in [6.07, 6.45) is 0.442. The largest absolute Gasteiger partial charge is 0.444 e. The number of hydrogen-bond acceptors (Lipinski definition) is 4. The van der Waals surface area contributed by atoms with Crippen molar-refractivity contribution in [3.63, 3.8) is 0 Å². The predicted octanol–water partition coefficient (Wildman–Crippen LogP) is 2.91. The summed E-state index contributed by atoms with van der Waals surface area (Å²) in [4.78, 5) is 13.3. The van der Waals surface area contributed by atoms with Gasteiger partial charge in [-0.1, -0.05) is 12.1 Å². The van der Waals surface area contributed by atoms with Crippen LogP contribution >= 0.6 is 0 Å². The van der Waals surface area contributed by atoms with E-state index in [0.29, 0.717) is 6.54 Å². The Morgan fingerprint density at radius 3 is 2.50 bits per heavy atom. The van der Waals surface area contributed by atoms with Gasteiger partial charge in [0.05, 0.1) is 6.54 Å². The molecule has 1 rings (SSSR count). The van der Waals surface area contributed by atoms with Crippen LogP contribution < -0.4 is 0 Å². The highest BCUT2D eigenvalue weighted by atomic mass is 16.6. The summed E-state index contributed by atoms with van der Waals surface area (Å²) in [5.74, 6) is 0.864. The maximum Gasteiger partial charge on any atom is 0.410 e. The number of nitrogens with zero attached hydrogens (tertiary/aromatic N) is 2. The van der Waals surface area contributed by atoms with Crippen LogP contribution in [-0.4, -0.2) is 28.8 Å². The molecule has 0 aliphatic heterocycles. The highest BCUT2D eigenvalue weighted by Crippen LogP contribution is 2.16. The minimum absolute atomic E-state index is 0.358. The molecule has 5 nitrogen and oxygen atoms in total. The molecule has 0 fully saturated rings. The van der Waals surface area contributed by atoms with Gasteiger partial charge in [-0.3, -0.25) is 0 Å². The van der Waals surface area contributed by atoms with Crippen molar-refractivity contribution in [3.05, 3.63) is 17.0 Å². The van der Waals surface area contributed by atoms with Gasteiger partial charge in [0.15, 0.2) is 0 Å². The van der Waals surface area contributed by atoms with E-state index in [4.69, 9.17) is 9.26 Å². The van der Waals surface area contributed by atoms with Crippen LogP contribution in [0.4, 0.5) is 4.79 Å². The first-order chi connectivity index (χ1) is 8.24. The Morgan fingerprint density at radius 1 is 1.44 bits per heavy atom. The Hall–Kier alpha value is -1.52. The molecule has 0 saturated heterocycles. The fourth-order valence-corrected chi connectivity index (χ4v) is 1.51. The second-order valence-electron chi connectivity index (χ2n) is 5.37. The van der Waals surface area contributed by atoms with E-state index in [-0.39, 0.29) is 6.09 Å². The lowest BCUT2D eigenvalue weighted by molar-refractivity contribution is 0.0281. The van der Waals surface area contributed by atoms with Gasteiger partial charge in [0.25, 0.3) is 0 Å². The van der Waals surface area contributed by atoms with Gasteiger partial charge in [-0.05, 0) is 27.7 Å². The zero-order valence-corrected chi connectivity index (χ0v) is 12.0. The summed E-state index contributed by atoms with van der Waals surface area (Å²) < 4.78 is 10.5. The average Bonchev–Trinajstić information content (AvgIpc) is 2.57. The van der Waals surface area contributed by atoms with Crippen molar-refractivity contribution in [2.45, 2.75) is 53.2 Å². The van der Waals surface area contributed by atoms with Gasteiger partial charge in [0, 0.05) is 19.0 Å². The van der Waals surface area contributed by atoms with Crippen LogP contribution in [0.5, 0.6) is 0 Å². The van der Waals surface area contributed by atoms with E-state index in [0.717, 1.165) is 23.4 Å². The molecule has 0 atom stereocenters. The molecule has 0 aliphatic carbocycles. The first-order valence-electron chi connectivity index (χ1n) is 6.12. The third-order valence-corrected chi connectivity index (χ3v) is 2.53. The predicted molar refractivity (Wildman–Crippen MR) is 68.3 cm³/mol. The molecule has 5 heteroatoms. The molecule has 0 bridgehead atoms. The zero-order valence-electron chi connectivity index (χ0n) is 12.0. The maximum atomic E-state index is 11.8. The van der Waals surface area contributed by atoms with E-state index < -0.39 is 5.60 Å². The Balaban J connectivity index is 2.67. The van der Waals surface area contributed by atoms with Crippen molar-refractivity contribution < 1.29 is 14.1 Å². The Kier molecular flexibility index (Phi) is 4.38. The van der Waals surface area contributed by atoms with Crippen molar-refractivity contribution in [1.82, 2.24) is 10.1 Å². The number of hydrogen-bond donors (Lipinski definition) is 0. The summed E-state index contributed by atoms with van der Waals surface area (Å²) in [6.45, 7) is 9.88. The highest BCUT2D eigenvalue weighted by molar-refractivity contribution is 5.67. The Bertz CT molecular complexity index is 418. The highest BCUT2D eigenvalue weighted by Gasteiger charge is 2.21. The molecule has 1 aromatic rings. The topological polar surface area (TPSA) is 55.6 Å². The number of carbonyl (C=O) groups is 1. The summed E-state index contributed by atoms with van der Waals surface area (Å²) >= 11 is 0. The molecular weight excluding hydrogens is 232 g/mol. The van der Waals surface area contributed by atoms with Crippen LogP contribution in [0.1, 0.15) is 44.7 Å². The molecule has 102 valence electrons. The Morgan fingerprint density at radius 2 is 2.06 bits per heavy atom. The summed E-state index contributed by atoms with van der Waals surface area (Å²) in [6, 6.07) is 0. The normalized spacial score (nSPS) is 11.4. The van der Waals surface area contributed by atoms with Gasteiger partial charge in [-0.2, -0.15) is 0 Å². The van der Waals surface area contributed by atoms with E-state index in [1.807, 2.05) is 34.6 Å². The van der Waals surface area contributed by atoms with Crippen molar-refractivity contribution in [2.75, 3.05) is 7.05 Å². The van der Waals surface area contributed by atoms with Crippen molar-refractivity contribution in [1.29, 1.82) is 0 Å². The summed E-state index contributed by atoms with van der Waals surface area (Å²) in [5.41, 5.74) is 1.30. The number of amides is 1. The molecule has 0 saturated carbocycles. The van der Waals surface area contributed by atoms with Crippen LogP contribution in [0.2, 0.25) is 0 Å².